The van der Waals surface area contributed by atoms with Crippen molar-refractivity contribution in [3.8, 4) is 5.75 Å². The van der Waals surface area contributed by atoms with Crippen LogP contribution in [0, 0.1) is 0 Å². The summed E-state index contributed by atoms with van der Waals surface area (Å²) in [5, 5.41) is 10.7. The zero-order valence-electron chi connectivity index (χ0n) is 15.9. The van der Waals surface area contributed by atoms with Gasteiger partial charge in [-0.1, -0.05) is 62.4 Å². The molecule has 0 radical (unpaired) electrons. The van der Waals surface area contributed by atoms with Crippen molar-refractivity contribution in [1.82, 2.24) is 4.90 Å². The van der Waals surface area contributed by atoms with Crippen LogP contribution in [-0.4, -0.2) is 36.2 Å². The lowest BCUT2D eigenvalue weighted by Crippen LogP contribution is -2.27. The molecule has 0 fully saturated rings. The lowest BCUT2D eigenvalue weighted by molar-refractivity contribution is 0.204. The van der Waals surface area contributed by atoms with Gasteiger partial charge in [-0.3, -0.25) is 0 Å². The molecule has 0 aliphatic carbocycles. The van der Waals surface area contributed by atoms with E-state index >= 15 is 0 Å². The largest absolute Gasteiger partial charge is 0.493 e. The minimum absolute atomic E-state index is 0. The Morgan fingerprint density at radius 3 is 2.15 bits per heavy atom. The van der Waals surface area contributed by atoms with Gasteiger partial charge in [-0.25, -0.2) is 0 Å². The van der Waals surface area contributed by atoms with Gasteiger partial charge in [0.1, 0.15) is 11.9 Å². The zero-order valence-corrected chi connectivity index (χ0v) is 16.8. The monoisotopic (exact) mass is 377 g/mol. The van der Waals surface area contributed by atoms with E-state index in [0.717, 1.165) is 42.9 Å². The molecular weight excluding hydrogens is 346 g/mol. The fraction of sp³-hybridized carbons (Fsp3) is 0.455. The first kappa shape index (κ1) is 22.5. The molecule has 0 saturated heterocycles. The van der Waals surface area contributed by atoms with Crippen LogP contribution in [0.15, 0.2) is 54.6 Å². The van der Waals surface area contributed by atoms with Crippen LogP contribution in [0.2, 0.25) is 0 Å². The predicted octanol–water partition coefficient (Wildman–Crippen LogP) is 5.08. The lowest BCUT2D eigenvalue weighted by atomic mass is 10.0. The number of para-hydroxylation sites is 1. The number of aliphatic hydroxyl groups is 1. The van der Waals surface area contributed by atoms with Crippen molar-refractivity contribution >= 4 is 12.4 Å². The number of hydrogen-bond acceptors (Lipinski definition) is 3. The highest BCUT2D eigenvalue weighted by atomic mass is 35.5. The molecule has 1 atom stereocenters. The molecular formula is C22H32ClNO2. The molecule has 0 aromatic heterocycles. The average Bonchev–Trinajstić information content (AvgIpc) is 2.66. The predicted molar refractivity (Wildman–Crippen MR) is 111 cm³/mol. The van der Waals surface area contributed by atoms with Gasteiger partial charge in [0.15, 0.2) is 0 Å². The highest BCUT2D eigenvalue weighted by Crippen LogP contribution is 2.29. The molecule has 0 heterocycles. The fourth-order valence-corrected chi connectivity index (χ4v) is 3.09. The molecule has 1 unspecified atom stereocenters. The summed E-state index contributed by atoms with van der Waals surface area (Å²) in [6.45, 7) is 8.47. The summed E-state index contributed by atoms with van der Waals surface area (Å²) in [4.78, 5) is 2.49. The quantitative estimate of drug-likeness (QED) is 0.554. The third-order valence-corrected chi connectivity index (χ3v) is 4.28. The molecule has 3 nitrogen and oxygen atoms in total. The first-order valence-corrected chi connectivity index (χ1v) is 9.43. The Balaban J connectivity index is 0.00000338. The van der Waals surface area contributed by atoms with Gasteiger partial charge in [-0.2, -0.15) is 0 Å². The second-order valence-corrected chi connectivity index (χ2v) is 6.39. The van der Waals surface area contributed by atoms with Gasteiger partial charge < -0.3 is 14.7 Å². The maximum Gasteiger partial charge on any atom is 0.125 e. The maximum absolute atomic E-state index is 10.7. The van der Waals surface area contributed by atoms with Gasteiger partial charge in [-0.05, 0) is 44.0 Å². The van der Waals surface area contributed by atoms with Crippen molar-refractivity contribution in [2.24, 2.45) is 0 Å². The van der Waals surface area contributed by atoms with E-state index in [1.54, 1.807) is 0 Å². The van der Waals surface area contributed by atoms with Crippen molar-refractivity contribution in [2.45, 2.75) is 39.2 Å². The third-order valence-electron chi connectivity index (χ3n) is 4.28. The Morgan fingerprint density at radius 1 is 0.885 bits per heavy atom. The molecule has 0 aliphatic rings. The van der Waals surface area contributed by atoms with Crippen LogP contribution < -0.4 is 4.74 Å². The van der Waals surface area contributed by atoms with Crippen LogP contribution in [0.3, 0.4) is 0 Å². The Labute approximate surface area is 164 Å². The fourth-order valence-electron chi connectivity index (χ4n) is 3.09. The molecule has 0 bridgehead atoms. The van der Waals surface area contributed by atoms with Crippen molar-refractivity contribution in [3.63, 3.8) is 0 Å². The minimum Gasteiger partial charge on any atom is -0.493 e. The lowest BCUT2D eigenvalue weighted by Gasteiger charge is -2.21. The summed E-state index contributed by atoms with van der Waals surface area (Å²) in [6.07, 6.45) is 2.71. The van der Waals surface area contributed by atoms with E-state index in [4.69, 9.17) is 4.74 Å². The molecule has 2 aromatic carbocycles. The molecule has 0 amide bonds. The normalized spacial score (nSPS) is 11.8. The molecule has 0 spiro atoms. The molecule has 2 aromatic rings. The number of ether oxygens (including phenoxy) is 1. The van der Waals surface area contributed by atoms with Crippen LogP contribution in [0.1, 0.15) is 50.3 Å². The SMILES string of the molecule is CCCN(CCC)CCCOc1ccccc1C(O)c1ccccc1.Cl. The van der Waals surface area contributed by atoms with Crippen LogP contribution in [-0.2, 0) is 0 Å². The Morgan fingerprint density at radius 2 is 1.50 bits per heavy atom. The zero-order chi connectivity index (χ0) is 17.9. The standard InChI is InChI=1S/C22H31NO2.ClH/c1-3-15-23(16-4-2)17-10-18-25-21-14-9-8-13-20(21)22(24)19-11-6-5-7-12-19;/h5-9,11-14,22,24H,3-4,10,15-18H2,1-2H3;1H. The minimum atomic E-state index is -0.658. The number of nitrogens with zero attached hydrogens (tertiary/aromatic N) is 1. The van der Waals surface area contributed by atoms with Crippen LogP contribution >= 0.6 is 12.4 Å². The van der Waals surface area contributed by atoms with Crippen molar-refractivity contribution in [1.29, 1.82) is 0 Å². The number of aliphatic hydroxyl groups excluding tert-OH is 1. The van der Waals surface area contributed by atoms with E-state index in [-0.39, 0.29) is 12.4 Å². The second kappa shape index (κ2) is 12.7. The number of halogens is 1. The summed E-state index contributed by atoms with van der Waals surface area (Å²) < 4.78 is 6.00. The topological polar surface area (TPSA) is 32.7 Å². The van der Waals surface area contributed by atoms with E-state index in [1.165, 1.54) is 12.8 Å². The van der Waals surface area contributed by atoms with Gasteiger partial charge in [0.2, 0.25) is 0 Å². The first-order valence-electron chi connectivity index (χ1n) is 9.43. The molecule has 144 valence electrons. The molecule has 0 saturated carbocycles. The highest BCUT2D eigenvalue weighted by molar-refractivity contribution is 5.85. The molecule has 1 N–H and O–H groups in total. The summed E-state index contributed by atoms with van der Waals surface area (Å²) in [5.41, 5.74) is 1.71. The molecule has 2 rings (SSSR count). The summed E-state index contributed by atoms with van der Waals surface area (Å²) in [7, 11) is 0. The number of benzene rings is 2. The number of hydrogen-bond donors (Lipinski definition) is 1. The Kier molecular flexibility index (Phi) is 11.0. The van der Waals surface area contributed by atoms with E-state index in [9.17, 15) is 5.11 Å². The van der Waals surface area contributed by atoms with Gasteiger partial charge in [-0.15, -0.1) is 12.4 Å². The average molecular weight is 378 g/mol. The van der Waals surface area contributed by atoms with Gasteiger partial charge >= 0.3 is 0 Å². The maximum atomic E-state index is 10.7. The summed E-state index contributed by atoms with van der Waals surface area (Å²) in [6, 6.07) is 17.5. The summed E-state index contributed by atoms with van der Waals surface area (Å²) >= 11 is 0. The Hall–Kier alpha value is -1.55. The highest BCUT2D eigenvalue weighted by Gasteiger charge is 2.15. The number of rotatable bonds is 11. The molecule has 26 heavy (non-hydrogen) atoms. The van der Waals surface area contributed by atoms with Crippen LogP contribution in [0.25, 0.3) is 0 Å². The van der Waals surface area contributed by atoms with Crippen LogP contribution in [0.4, 0.5) is 0 Å². The third kappa shape index (κ3) is 6.99. The van der Waals surface area contributed by atoms with Crippen LogP contribution in [0.5, 0.6) is 5.75 Å². The molecule has 4 heteroatoms. The van der Waals surface area contributed by atoms with E-state index in [1.807, 2.05) is 54.6 Å². The van der Waals surface area contributed by atoms with Gasteiger partial charge in [0, 0.05) is 12.1 Å². The van der Waals surface area contributed by atoms with E-state index in [2.05, 4.69) is 18.7 Å². The van der Waals surface area contributed by atoms with Crippen molar-refractivity contribution in [3.05, 3.63) is 65.7 Å². The van der Waals surface area contributed by atoms with Crippen molar-refractivity contribution in [2.75, 3.05) is 26.2 Å². The van der Waals surface area contributed by atoms with Gasteiger partial charge in [0.05, 0.1) is 6.61 Å². The first-order chi connectivity index (χ1) is 12.3. The van der Waals surface area contributed by atoms with E-state index < -0.39 is 6.10 Å². The second-order valence-electron chi connectivity index (χ2n) is 6.39. The Bertz CT molecular complexity index is 600. The molecule has 0 aliphatic heterocycles. The van der Waals surface area contributed by atoms with Crippen molar-refractivity contribution < 1.29 is 9.84 Å². The smallest absolute Gasteiger partial charge is 0.125 e. The van der Waals surface area contributed by atoms with Gasteiger partial charge in [0.25, 0.3) is 0 Å². The summed E-state index contributed by atoms with van der Waals surface area (Å²) in [5.74, 6) is 0.774. The van der Waals surface area contributed by atoms with E-state index in [0.29, 0.717) is 6.61 Å².